The summed E-state index contributed by atoms with van der Waals surface area (Å²) >= 11 is 7.34. The first-order chi connectivity index (χ1) is 7.16. The summed E-state index contributed by atoms with van der Waals surface area (Å²) in [6.45, 7) is 4.18. The number of imidazole rings is 1. The van der Waals surface area contributed by atoms with Crippen LogP contribution in [0.5, 0.6) is 0 Å². The maximum absolute atomic E-state index is 5.77. The fourth-order valence-corrected chi connectivity index (χ4v) is 1.71. The van der Waals surface area contributed by atoms with Crippen LogP contribution in [0.1, 0.15) is 13.8 Å². The van der Waals surface area contributed by atoms with E-state index >= 15 is 0 Å². The van der Waals surface area contributed by atoms with Gasteiger partial charge in [-0.1, -0.05) is 13.8 Å². The number of H-pyrrole nitrogens is 1. The van der Waals surface area contributed by atoms with Crippen LogP contribution in [-0.4, -0.2) is 25.2 Å². The Morgan fingerprint density at radius 2 is 2.27 bits per heavy atom. The first-order valence-corrected chi connectivity index (χ1v) is 5.71. The van der Waals surface area contributed by atoms with Gasteiger partial charge >= 0.3 is 0 Å². The molecule has 80 valence electrons. The van der Waals surface area contributed by atoms with Crippen LogP contribution in [0.15, 0.2) is 6.33 Å². The highest BCUT2D eigenvalue weighted by Crippen LogP contribution is 2.22. The molecule has 2 N–H and O–H groups in total. The molecular formula is C8H10ClN5S. The molecule has 0 aromatic carbocycles. The maximum Gasteiger partial charge on any atom is 0.226 e. The third-order valence-corrected chi connectivity index (χ3v) is 2.60. The molecule has 0 bridgehead atoms. The van der Waals surface area contributed by atoms with Crippen molar-refractivity contribution in [2.45, 2.75) is 19.1 Å². The quantitative estimate of drug-likeness (QED) is 0.640. The van der Waals surface area contributed by atoms with Crippen molar-refractivity contribution in [2.24, 2.45) is 0 Å². The highest BCUT2D eigenvalue weighted by molar-refractivity contribution is 8.01. The number of rotatable bonds is 3. The van der Waals surface area contributed by atoms with E-state index in [0.29, 0.717) is 16.7 Å². The lowest BCUT2D eigenvalue weighted by atomic mass is 10.5. The van der Waals surface area contributed by atoms with Crippen LogP contribution in [0.3, 0.4) is 0 Å². The van der Waals surface area contributed by atoms with Gasteiger partial charge in [-0.25, -0.2) is 4.98 Å². The molecule has 5 nitrogen and oxygen atoms in total. The highest BCUT2D eigenvalue weighted by Gasteiger charge is 2.08. The maximum atomic E-state index is 5.77. The van der Waals surface area contributed by atoms with Crippen LogP contribution < -0.4 is 4.72 Å². The lowest BCUT2D eigenvalue weighted by Crippen LogP contribution is -1.99. The van der Waals surface area contributed by atoms with Crippen LogP contribution in [0.2, 0.25) is 5.28 Å². The molecule has 2 aromatic rings. The van der Waals surface area contributed by atoms with Crippen LogP contribution in [0.4, 0.5) is 5.82 Å². The average Bonchev–Trinajstić information content (AvgIpc) is 2.61. The second kappa shape index (κ2) is 4.24. The zero-order chi connectivity index (χ0) is 10.8. The predicted octanol–water partition coefficient (Wildman–Crippen LogP) is 2.47. The monoisotopic (exact) mass is 243 g/mol. The molecule has 0 saturated heterocycles. The molecule has 0 saturated carbocycles. The molecule has 2 aromatic heterocycles. The molecule has 0 fully saturated rings. The number of fused-ring (bicyclic) bond motifs is 1. The van der Waals surface area contributed by atoms with Crippen LogP contribution in [-0.2, 0) is 0 Å². The Hall–Kier alpha value is -1.01. The van der Waals surface area contributed by atoms with E-state index in [0.717, 1.165) is 5.52 Å². The van der Waals surface area contributed by atoms with Gasteiger partial charge in [-0.3, -0.25) is 0 Å². The standard InChI is InChI=1S/C8H10ClN5S/c1-4(2)15-14-7-5-6(11-3-10-5)12-8(9)13-7/h3-4H,1-2H3,(H2,10,11,12,13,14). The topological polar surface area (TPSA) is 66.5 Å². The van der Waals surface area contributed by atoms with Gasteiger partial charge in [0, 0.05) is 5.25 Å². The molecule has 2 heterocycles. The summed E-state index contributed by atoms with van der Waals surface area (Å²) in [7, 11) is 0. The summed E-state index contributed by atoms with van der Waals surface area (Å²) < 4.78 is 3.12. The van der Waals surface area contributed by atoms with E-state index in [4.69, 9.17) is 11.6 Å². The fraction of sp³-hybridized carbons (Fsp3) is 0.375. The van der Waals surface area contributed by atoms with Crippen molar-refractivity contribution in [3.63, 3.8) is 0 Å². The smallest absolute Gasteiger partial charge is 0.226 e. The van der Waals surface area contributed by atoms with Crippen molar-refractivity contribution in [2.75, 3.05) is 4.72 Å². The Bertz CT molecular complexity index is 469. The van der Waals surface area contributed by atoms with E-state index in [1.165, 1.54) is 0 Å². The number of nitrogens with one attached hydrogen (secondary N) is 2. The number of aromatic amines is 1. The summed E-state index contributed by atoms with van der Waals surface area (Å²) in [5, 5.41) is 0.651. The fourth-order valence-electron chi connectivity index (χ4n) is 1.05. The number of hydrogen-bond acceptors (Lipinski definition) is 5. The molecule has 0 aliphatic heterocycles. The van der Waals surface area contributed by atoms with Crippen LogP contribution in [0.25, 0.3) is 11.2 Å². The number of hydrogen-bond donors (Lipinski definition) is 2. The Balaban J connectivity index is 2.35. The molecule has 15 heavy (non-hydrogen) atoms. The van der Waals surface area contributed by atoms with Crippen molar-refractivity contribution >= 4 is 40.5 Å². The molecule has 0 spiro atoms. The Labute approximate surface area is 96.2 Å². The molecule has 0 aliphatic rings. The van der Waals surface area contributed by atoms with Gasteiger partial charge in [0.1, 0.15) is 5.52 Å². The summed E-state index contributed by atoms with van der Waals surface area (Å²) in [6, 6.07) is 0. The van der Waals surface area contributed by atoms with E-state index in [2.05, 4.69) is 38.5 Å². The van der Waals surface area contributed by atoms with Gasteiger partial charge in [-0.15, -0.1) is 0 Å². The van der Waals surface area contributed by atoms with Gasteiger partial charge < -0.3 is 9.71 Å². The lowest BCUT2D eigenvalue weighted by Gasteiger charge is -2.07. The first-order valence-electron chi connectivity index (χ1n) is 4.45. The minimum atomic E-state index is 0.196. The van der Waals surface area contributed by atoms with E-state index in [1.807, 2.05) is 0 Å². The van der Waals surface area contributed by atoms with Crippen molar-refractivity contribution in [3.05, 3.63) is 11.6 Å². The third kappa shape index (κ3) is 2.32. The molecule has 7 heteroatoms. The number of halogens is 1. The van der Waals surface area contributed by atoms with Gasteiger partial charge in [0.2, 0.25) is 5.28 Å². The van der Waals surface area contributed by atoms with Gasteiger partial charge in [0.15, 0.2) is 11.5 Å². The van der Waals surface area contributed by atoms with Gasteiger partial charge in [-0.05, 0) is 23.5 Å². The summed E-state index contributed by atoms with van der Waals surface area (Å²) in [5.41, 5.74) is 1.34. The zero-order valence-electron chi connectivity index (χ0n) is 8.28. The second-order valence-electron chi connectivity index (χ2n) is 3.21. The SMILES string of the molecule is CC(C)SNc1nc(Cl)nc2nc[nH]c12. The normalized spacial score (nSPS) is 11.2. The van der Waals surface area contributed by atoms with Crippen molar-refractivity contribution < 1.29 is 0 Å². The average molecular weight is 244 g/mol. The lowest BCUT2D eigenvalue weighted by molar-refractivity contribution is 1.11. The number of nitrogens with zero attached hydrogens (tertiary/aromatic N) is 3. The van der Waals surface area contributed by atoms with Crippen molar-refractivity contribution in [1.82, 2.24) is 19.9 Å². The van der Waals surface area contributed by atoms with E-state index in [1.54, 1.807) is 18.3 Å². The molecular weight excluding hydrogens is 234 g/mol. The van der Waals surface area contributed by atoms with Gasteiger partial charge in [-0.2, -0.15) is 9.97 Å². The summed E-state index contributed by atoms with van der Waals surface area (Å²) in [5.74, 6) is 0.668. The van der Waals surface area contributed by atoms with Crippen molar-refractivity contribution in [1.29, 1.82) is 0 Å². The molecule has 0 radical (unpaired) electrons. The molecule has 2 rings (SSSR count). The Kier molecular flexibility index (Phi) is 2.97. The van der Waals surface area contributed by atoms with E-state index in [-0.39, 0.29) is 5.28 Å². The molecule has 0 atom stereocenters. The van der Waals surface area contributed by atoms with Gasteiger partial charge in [0.25, 0.3) is 0 Å². The number of anilines is 1. The summed E-state index contributed by atoms with van der Waals surface area (Å²) in [6.07, 6.45) is 1.57. The third-order valence-electron chi connectivity index (χ3n) is 1.65. The molecule has 0 aliphatic carbocycles. The second-order valence-corrected chi connectivity index (χ2v) is 4.93. The van der Waals surface area contributed by atoms with Crippen LogP contribution >= 0.6 is 23.5 Å². The van der Waals surface area contributed by atoms with E-state index in [9.17, 15) is 0 Å². The Morgan fingerprint density at radius 1 is 1.47 bits per heavy atom. The Morgan fingerprint density at radius 3 is 3.00 bits per heavy atom. The number of aromatic nitrogens is 4. The summed E-state index contributed by atoms with van der Waals surface area (Å²) in [4.78, 5) is 15.1. The highest BCUT2D eigenvalue weighted by atomic mass is 35.5. The minimum absolute atomic E-state index is 0.196. The van der Waals surface area contributed by atoms with Crippen molar-refractivity contribution in [3.8, 4) is 0 Å². The van der Waals surface area contributed by atoms with Crippen LogP contribution in [0, 0.1) is 0 Å². The minimum Gasteiger partial charge on any atom is -0.340 e. The molecule has 0 unspecified atom stereocenters. The first kappa shape index (κ1) is 10.5. The van der Waals surface area contributed by atoms with E-state index < -0.39 is 0 Å². The largest absolute Gasteiger partial charge is 0.340 e. The predicted molar refractivity (Wildman–Crippen MR) is 63.0 cm³/mol. The zero-order valence-corrected chi connectivity index (χ0v) is 9.85. The molecule has 0 amide bonds. The van der Waals surface area contributed by atoms with Gasteiger partial charge in [0.05, 0.1) is 6.33 Å².